The highest BCUT2D eigenvalue weighted by Gasteiger charge is 2.22. The number of methoxy groups -OCH3 is 1. The first kappa shape index (κ1) is 23.5. The molecular weight excluding hydrogens is 366 g/mol. The van der Waals surface area contributed by atoms with Gasteiger partial charge < -0.3 is 24.4 Å². The fourth-order valence-electron chi connectivity index (χ4n) is 3.43. The van der Waals surface area contributed by atoms with Crippen LogP contribution in [0.2, 0.25) is 0 Å². The summed E-state index contributed by atoms with van der Waals surface area (Å²) < 4.78 is 17.2. The van der Waals surface area contributed by atoms with Gasteiger partial charge in [-0.05, 0) is 58.6 Å². The number of likely N-dealkylation sites (tertiary alicyclic amines) is 1. The number of ether oxygens (including phenoxy) is 3. The predicted molar refractivity (Wildman–Crippen MR) is 119 cm³/mol. The zero-order valence-corrected chi connectivity index (χ0v) is 19.1. The van der Waals surface area contributed by atoms with Crippen LogP contribution in [0.1, 0.15) is 51.2 Å². The Balaban J connectivity index is 1.87. The van der Waals surface area contributed by atoms with Crippen molar-refractivity contribution in [1.82, 2.24) is 10.2 Å². The van der Waals surface area contributed by atoms with E-state index < -0.39 is 0 Å². The summed E-state index contributed by atoms with van der Waals surface area (Å²) in [7, 11) is 3.57. The van der Waals surface area contributed by atoms with E-state index in [9.17, 15) is 0 Å². The van der Waals surface area contributed by atoms with Crippen molar-refractivity contribution in [3.05, 3.63) is 29.3 Å². The molecule has 0 unspecified atom stereocenters. The second-order valence-corrected chi connectivity index (χ2v) is 8.63. The lowest BCUT2D eigenvalue weighted by atomic mass is 10.1. The first-order valence-electron chi connectivity index (χ1n) is 10.7. The van der Waals surface area contributed by atoms with E-state index >= 15 is 0 Å². The van der Waals surface area contributed by atoms with Crippen molar-refractivity contribution in [2.75, 3.05) is 40.5 Å². The van der Waals surface area contributed by atoms with Crippen molar-refractivity contribution < 1.29 is 14.2 Å². The maximum Gasteiger partial charge on any atom is 0.193 e. The molecule has 0 bridgehead atoms. The Bertz CT molecular complexity index is 647. The second kappa shape index (κ2) is 11.4. The fourth-order valence-corrected chi connectivity index (χ4v) is 3.43. The van der Waals surface area contributed by atoms with E-state index in [4.69, 9.17) is 14.2 Å². The topological polar surface area (TPSA) is 55.3 Å². The first-order chi connectivity index (χ1) is 13.8. The van der Waals surface area contributed by atoms with Gasteiger partial charge in [0.2, 0.25) is 0 Å². The number of rotatable bonds is 8. The van der Waals surface area contributed by atoms with E-state index in [0.717, 1.165) is 62.8 Å². The predicted octanol–water partition coefficient (Wildman–Crippen LogP) is 3.77. The molecule has 0 aliphatic carbocycles. The average Bonchev–Trinajstić information content (AvgIpc) is 2.67. The summed E-state index contributed by atoms with van der Waals surface area (Å²) >= 11 is 0. The zero-order chi connectivity index (χ0) is 21.3. The molecule has 0 spiro atoms. The third kappa shape index (κ3) is 8.23. The summed E-state index contributed by atoms with van der Waals surface area (Å²) in [5, 5.41) is 3.51. The van der Waals surface area contributed by atoms with Gasteiger partial charge in [0.1, 0.15) is 11.4 Å². The van der Waals surface area contributed by atoms with E-state index in [1.807, 2.05) is 7.05 Å². The Labute approximate surface area is 176 Å². The molecule has 1 N–H and O–H groups in total. The Morgan fingerprint density at radius 1 is 1.21 bits per heavy atom. The van der Waals surface area contributed by atoms with Gasteiger partial charge in [-0.2, -0.15) is 0 Å². The van der Waals surface area contributed by atoms with Crippen LogP contribution in [0.15, 0.2) is 23.2 Å². The molecule has 0 atom stereocenters. The molecule has 1 heterocycles. The molecule has 0 radical (unpaired) electrons. The van der Waals surface area contributed by atoms with Crippen LogP contribution in [0.3, 0.4) is 0 Å². The molecule has 1 aliphatic heterocycles. The van der Waals surface area contributed by atoms with Crippen LogP contribution >= 0.6 is 0 Å². The third-order valence-corrected chi connectivity index (χ3v) is 4.88. The number of hydrogen-bond donors (Lipinski definition) is 1. The Morgan fingerprint density at radius 3 is 2.55 bits per heavy atom. The highest BCUT2D eigenvalue weighted by molar-refractivity contribution is 5.80. The zero-order valence-electron chi connectivity index (χ0n) is 19.1. The lowest BCUT2D eigenvalue weighted by Gasteiger charge is -2.34. The van der Waals surface area contributed by atoms with Gasteiger partial charge in [-0.1, -0.05) is 12.1 Å². The minimum absolute atomic E-state index is 0.227. The molecule has 29 heavy (non-hydrogen) atoms. The van der Waals surface area contributed by atoms with Gasteiger partial charge in [0.05, 0.1) is 6.10 Å². The molecule has 6 heteroatoms. The minimum atomic E-state index is -0.227. The van der Waals surface area contributed by atoms with Gasteiger partial charge in [-0.3, -0.25) is 4.99 Å². The second-order valence-electron chi connectivity index (χ2n) is 8.63. The van der Waals surface area contributed by atoms with Crippen LogP contribution < -0.4 is 10.1 Å². The molecule has 1 fully saturated rings. The number of nitrogens with zero attached hydrogens (tertiary/aromatic N) is 2. The molecule has 6 nitrogen and oxygen atoms in total. The lowest BCUT2D eigenvalue weighted by Crippen LogP contribution is -2.46. The van der Waals surface area contributed by atoms with Crippen LogP contribution in [0.5, 0.6) is 5.75 Å². The highest BCUT2D eigenvalue weighted by atomic mass is 16.5. The standard InChI is InChI=1S/C23H39N3O3/c1-18-8-9-19(21(16-18)29-23(2,3)4)17-25-22(24-5)26-12-10-20(11-13-26)28-15-7-14-27-6/h8-9,16,20H,7,10-15,17H2,1-6H3,(H,24,25). The van der Waals surface area contributed by atoms with E-state index in [0.29, 0.717) is 12.6 Å². The SMILES string of the molecule is CN=C(NCc1ccc(C)cc1OC(C)(C)C)N1CCC(OCCCOC)CC1. The van der Waals surface area contributed by atoms with Crippen LogP contribution in [-0.4, -0.2) is 63.0 Å². The Kier molecular flexibility index (Phi) is 9.24. The maximum atomic E-state index is 6.18. The number of guanidine groups is 1. The first-order valence-corrected chi connectivity index (χ1v) is 10.7. The summed E-state index contributed by atoms with van der Waals surface area (Å²) in [5.74, 6) is 1.87. The molecule has 0 saturated carbocycles. The summed E-state index contributed by atoms with van der Waals surface area (Å²) in [6, 6.07) is 6.37. The summed E-state index contributed by atoms with van der Waals surface area (Å²) in [6.45, 7) is 12.4. The summed E-state index contributed by atoms with van der Waals surface area (Å²) in [6.07, 6.45) is 3.34. The number of aliphatic imine (C=N–C) groups is 1. The van der Waals surface area contributed by atoms with Gasteiger partial charge in [0, 0.05) is 52.6 Å². The molecule has 0 amide bonds. The van der Waals surface area contributed by atoms with Gasteiger partial charge >= 0.3 is 0 Å². The molecule has 1 aliphatic rings. The normalized spacial score (nSPS) is 16.2. The summed E-state index contributed by atoms with van der Waals surface area (Å²) in [4.78, 5) is 6.81. The van der Waals surface area contributed by atoms with E-state index in [1.165, 1.54) is 5.56 Å². The number of benzene rings is 1. The number of aryl methyl sites for hydroxylation is 1. The molecule has 1 aromatic carbocycles. The molecule has 164 valence electrons. The van der Waals surface area contributed by atoms with Gasteiger partial charge in [0.15, 0.2) is 5.96 Å². The fraction of sp³-hybridized carbons (Fsp3) is 0.696. The van der Waals surface area contributed by atoms with Crippen molar-refractivity contribution in [2.45, 2.75) is 65.2 Å². The van der Waals surface area contributed by atoms with Crippen LogP contribution in [-0.2, 0) is 16.0 Å². The van der Waals surface area contributed by atoms with E-state index in [-0.39, 0.29) is 5.60 Å². The van der Waals surface area contributed by atoms with Crippen molar-refractivity contribution in [2.24, 2.45) is 4.99 Å². The van der Waals surface area contributed by atoms with E-state index in [2.05, 4.69) is 61.1 Å². The lowest BCUT2D eigenvalue weighted by molar-refractivity contribution is 0.00989. The maximum absolute atomic E-state index is 6.18. The minimum Gasteiger partial charge on any atom is -0.488 e. The van der Waals surface area contributed by atoms with Gasteiger partial charge in [-0.25, -0.2) is 0 Å². The van der Waals surface area contributed by atoms with E-state index in [1.54, 1.807) is 7.11 Å². The number of nitrogens with one attached hydrogen (secondary N) is 1. The number of hydrogen-bond acceptors (Lipinski definition) is 4. The molecule has 2 rings (SSSR count). The van der Waals surface area contributed by atoms with Crippen molar-refractivity contribution in [3.63, 3.8) is 0 Å². The highest BCUT2D eigenvalue weighted by Crippen LogP contribution is 2.25. The van der Waals surface area contributed by atoms with Crippen molar-refractivity contribution in [1.29, 1.82) is 0 Å². The Morgan fingerprint density at radius 2 is 1.93 bits per heavy atom. The molecule has 1 aromatic rings. The van der Waals surface area contributed by atoms with Crippen molar-refractivity contribution in [3.8, 4) is 5.75 Å². The summed E-state index contributed by atoms with van der Waals surface area (Å²) in [5.41, 5.74) is 2.11. The third-order valence-electron chi connectivity index (χ3n) is 4.88. The van der Waals surface area contributed by atoms with Crippen LogP contribution in [0, 0.1) is 6.92 Å². The largest absolute Gasteiger partial charge is 0.488 e. The Hall–Kier alpha value is -1.79. The molecule has 1 saturated heterocycles. The van der Waals surface area contributed by atoms with Gasteiger partial charge in [0.25, 0.3) is 0 Å². The van der Waals surface area contributed by atoms with Crippen molar-refractivity contribution >= 4 is 5.96 Å². The quantitative estimate of drug-likeness (QED) is 0.405. The van der Waals surface area contributed by atoms with Gasteiger partial charge in [-0.15, -0.1) is 0 Å². The monoisotopic (exact) mass is 405 g/mol. The molecule has 0 aromatic heterocycles. The van der Waals surface area contributed by atoms with Crippen LogP contribution in [0.25, 0.3) is 0 Å². The number of piperidine rings is 1. The van der Waals surface area contributed by atoms with Crippen LogP contribution in [0.4, 0.5) is 0 Å². The smallest absolute Gasteiger partial charge is 0.193 e. The molecular formula is C23H39N3O3. The average molecular weight is 406 g/mol.